The third-order valence-corrected chi connectivity index (χ3v) is 3.66. The topological polar surface area (TPSA) is 102 Å². The standard InChI is InChI=1S/C14H29O7P/c1-3-4-5-6-7-8-9-10-14(15)20-11-13(19-2)12-21-22(16,17)18/h13H,3-12H2,1-2H3,(H2,16,17,18)/t13-/m1/s1. The molecule has 0 aliphatic carbocycles. The van der Waals surface area contributed by atoms with Gasteiger partial charge in [-0.3, -0.25) is 9.32 Å². The molecular weight excluding hydrogens is 311 g/mol. The van der Waals surface area contributed by atoms with Crippen molar-refractivity contribution in [1.29, 1.82) is 0 Å². The van der Waals surface area contributed by atoms with Crippen LogP contribution < -0.4 is 0 Å². The quantitative estimate of drug-likeness (QED) is 0.285. The SMILES string of the molecule is CCCCCCCCCC(=O)OC[C@H](COP(=O)(O)O)OC. The second-order valence-corrected chi connectivity index (χ2v) is 6.44. The molecule has 0 aliphatic heterocycles. The van der Waals surface area contributed by atoms with Crippen molar-refractivity contribution in [2.75, 3.05) is 20.3 Å². The molecule has 0 aliphatic rings. The van der Waals surface area contributed by atoms with Crippen LogP contribution in [0, 0.1) is 0 Å². The van der Waals surface area contributed by atoms with Crippen molar-refractivity contribution >= 4 is 13.8 Å². The largest absolute Gasteiger partial charge is 0.469 e. The fraction of sp³-hybridized carbons (Fsp3) is 0.929. The molecule has 0 aromatic rings. The van der Waals surface area contributed by atoms with Crippen LogP contribution >= 0.6 is 7.82 Å². The lowest BCUT2D eigenvalue weighted by Crippen LogP contribution is -2.25. The van der Waals surface area contributed by atoms with Gasteiger partial charge in [-0.2, -0.15) is 0 Å². The zero-order valence-corrected chi connectivity index (χ0v) is 14.4. The minimum atomic E-state index is -4.53. The molecule has 0 amide bonds. The molecule has 8 heteroatoms. The first kappa shape index (κ1) is 21.5. The lowest BCUT2D eigenvalue weighted by atomic mass is 10.1. The molecule has 22 heavy (non-hydrogen) atoms. The molecule has 0 unspecified atom stereocenters. The van der Waals surface area contributed by atoms with Crippen molar-refractivity contribution in [3.8, 4) is 0 Å². The van der Waals surface area contributed by atoms with Crippen LogP contribution in [0.1, 0.15) is 58.3 Å². The molecule has 2 N–H and O–H groups in total. The van der Waals surface area contributed by atoms with Gasteiger partial charge in [0.2, 0.25) is 0 Å². The zero-order valence-electron chi connectivity index (χ0n) is 13.5. The first-order valence-corrected chi connectivity index (χ1v) is 9.30. The molecule has 7 nitrogen and oxygen atoms in total. The van der Waals surface area contributed by atoms with Crippen molar-refractivity contribution in [1.82, 2.24) is 0 Å². The van der Waals surface area contributed by atoms with Gasteiger partial charge in [-0.05, 0) is 6.42 Å². The summed E-state index contributed by atoms with van der Waals surface area (Å²) < 4.78 is 24.8. The predicted octanol–water partition coefficient (Wildman–Crippen LogP) is 2.79. The van der Waals surface area contributed by atoms with Gasteiger partial charge < -0.3 is 19.3 Å². The Hall–Kier alpha value is -0.460. The average Bonchev–Trinajstić information content (AvgIpc) is 2.45. The number of hydrogen-bond donors (Lipinski definition) is 2. The lowest BCUT2D eigenvalue weighted by Gasteiger charge is -2.15. The third kappa shape index (κ3) is 14.5. The van der Waals surface area contributed by atoms with E-state index in [0.29, 0.717) is 6.42 Å². The highest BCUT2D eigenvalue weighted by molar-refractivity contribution is 7.46. The molecule has 0 rings (SSSR count). The Bertz CT molecular complexity index is 329. The Morgan fingerprint density at radius 2 is 1.64 bits per heavy atom. The van der Waals surface area contributed by atoms with Crippen molar-refractivity contribution in [3.63, 3.8) is 0 Å². The van der Waals surface area contributed by atoms with E-state index >= 15 is 0 Å². The number of phosphoric ester groups is 1. The molecule has 132 valence electrons. The summed E-state index contributed by atoms with van der Waals surface area (Å²) in [5, 5.41) is 0. The van der Waals surface area contributed by atoms with E-state index in [9.17, 15) is 9.36 Å². The number of esters is 1. The van der Waals surface area contributed by atoms with E-state index in [0.717, 1.165) is 19.3 Å². The summed E-state index contributed by atoms with van der Waals surface area (Å²) in [7, 11) is -3.18. The molecule has 0 aromatic heterocycles. The first-order chi connectivity index (χ1) is 10.4. The number of carbonyl (C=O) groups is 1. The van der Waals surface area contributed by atoms with Crippen LogP contribution in [0.5, 0.6) is 0 Å². The van der Waals surface area contributed by atoms with E-state index in [1.165, 1.54) is 32.8 Å². The Kier molecular flexibility index (Phi) is 12.8. The molecule has 0 aromatic carbocycles. The summed E-state index contributed by atoms with van der Waals surface area (Å²) in [5.74, 6) is -0.327. The van der Waals surface area contributed by atoms with Crippen LogP contribution in [0.3, 0.4) is 0 Å². The number of phosphoric acid groups is 1. The number of carbonyl (C=O) groups excluding carboxylic acids is 1. The second kappa shape index (κ2) is 13.0. The average molecular weight is 340 g/mol. The number of methoxy groups -OCH3 is 1. The third-order valence-electron chi connectivity index (χ3n) is 3.18. The Labute approximate surface area is 132 Å². The molecule has 0 fully saturated rings. The maximum atomic E-state index is 11.5. The van der Waals surface area contributed by atoms with Crippen molar-refractivity contribution in [2.24, 2.45) is 0 Å². The molecule has 0 heterocycles. The number of rotatable bonds is 14. The first-order valence-electron chi connectivity index (χ1n) is 7.77. The maximum Gasteiger partial charge on any atom is 0.469 e. The smallest absolute Gasteiger partial charge is 0.463 e. The maximum absolute atomic E-state index is 11.5. The second-order valence-electron chi connectivity index (χ2n) is 5.20. The molecule has 0 radical (unpaired) electrons. The van der Waals surface area contributed by atoms with Crippen LogP contribution in [0.25, 0.3) is 0 Å². The van der Waals surface area contributed by atoms with Crippen LogP contribution in [-0.4, -0.2) is 42.2 Å². The number of unbranched alkanes of at least 4 members (excludes halogenated alkanes) is 6. The van der Waals surface area contributed by atoms with Crippen LogP contribution in [0.4, 0.5) is 0 Å². The van der Waals surface area contributed by atoms with E-state index < -0.39 is 13.9 Å². The Morgan fingerprint density at radius 3 is 2.18 bits per heavy atom. The molecule has 0 spiro atoms. The fourth-order valence-corrected chi connectivity index (χ4v) is 2.21. The Balaban J connectivity index is 3.63. The minimum absolute atomic E-state index is 0.0775. The van der Waals surface area contributed by atoms with Crippen molar-refractivity contribution < 1.29 is 33.1 Å². The van der Waals surface area contributed by atoms with Crippen LogP contribution in [0.15, 0.2) is 0 Å². The monoisotopic (exact) mass is 340 g/mol. The van der Waals surface area contributed by atoms with Gasteiger partial charge >= 0.3 is 13.8 Å². The van der Waals surface area contributed by atoms with Gasteiger partial charge in [0.15, 0.2) is 0 Å². The highest BCUT2D eigenvalue weighted by Crippen LogP contribution is 2.35. The molecule has 1 atom stereocenters. The summed E-state index contributed by atoms with van der Waals surface area (Å²) in [6.07, 6.45) is 7.52. The van der Waals surface area contributed by atoms with E-state index in [1.807, 2.05) is 0 Å². The van der Waals surface area contributed by atoms with Crippen LogP contribution in [0.2, 0.25) is 0 Å². The molecule has 0 saturated heterocycles. The Morgan fingerprint density at radius 1 is 1.05 bits per heavy atom. The van der Waals surface area contributed by atoms with Gasteiger partial charge in [0, 0.05) is 13.5 Å². The van der Waals surface area contributed by atoms with Crippen molar-refractivity contribution in [3.05, 3.63) is 0 Å². The zero-order chi connectivity index (χ0) is 16.8. The van der Waals surface area contributed by atoms with Gasteiger partial charge in [-0.1, -0.05) is 45.4 Å². The summed E-state index contributed by atoms with van der Waals surface area (Å²) in [5.41, 5.74) is 0. The number of hydrogen-bond acceptors (Lipinski definition) is 5. The van der Waals surface area contributed by atoms with Gasteiger partial charge in [0.05, 0.1) is 6.61 Å². The highest BCUT2D eigenvalue weighted by atomic mass is 31.2. The molecular formula is C14H29O7P. The van der Waals surface area contributed by atoms with Gasteiger partial charge in [0.1, 0.15) is 12.7 Å². The normalized spacial score (nSPS) is 13.1. The molecule has 0 bridgehead atoms. The van der Waals surface area contributed by atoms with Gasteiger partial charge in [0.25, 0.3) is 0 Å². The fourth-order valence-electron chi connectivity index (χ4n) is 1.85. The predicted molar refractivity (Wildman–Crippen MR) is 82.4 cm³/mol. The van der Waals surface area contributed by atoms with Gasteiger partial charge in [-0.25, -0.2) is 4.57 Å². The minimum Gasteiger partial charge on any atom is -0.463 e. The van der Waals surface area contributed by atoms with E-state index in [-0.39, 0.29) is 19.2 Å². The lowest BCUT2D eigenvalue weighted by molar-refractivity contribution is -0.148. The van der Waals surface area contributed by atoms with Crippen molar-refractivity contribution in [2.45, 2.75) is 64.4 Å². The highest BCUT2D eigenvalue weighted by Gasteiger charge is 2.19. The number of ether oxygens (including phenoxy) is 2. The van der Waals surface area contributed by atoms with Crippen LogP contribution in [-0.2, 0) is 23.4 Å². The van der Waals surface area contributed by atoms with E-state index in [4.69, 9.17) is 19.3 Å². The summed E-state index contributed by atoms with van der Waals surface area (Å²) in [6.45, 7) is 1.77. The molecule has 0 saturated carbocycles. The van der Waals surface area contributed by atoms with Gasteiger partial charge in [-0.15, -0.1) is 0 Å². The van der Waals surface area contributed by atoms with E-state index in [2.05, 4.69) is 11.4 Å². The summed E-state index contributed by atoms with van der Waals surface area (Å²) in [6, 6.07) is 0. The summed E-state index contributed by atoms with van der Waals surface area (Å²) in [4.78, 5) is 28.7. The summed E-state index contributed by atoms with van der Waals surface area (Å²) >= 11 is 0. The van der Waals surface area contributed by atoms with E-state index in [1.54, 1.807) is 0 Å².